The van der Waals surface area contributed by atoms with E-state index in [0.717, 1.165) is 5.56 Å². The van der Waals surface area contributed by atoms with Crippen molar-refractivity contribution in [1.82, 2.24) is 14.5 Å². The molecule has 82 valence electrons. The molecule has 0 N–H and O–H groups in total. The minimum Gasteiger partial charge on any atom is -0.293 e. The maximum atomic E-state index is 11.4. The molecular weight excluding hydrogens is 249 g/mol. The van der Waals surface area contributed by atoms with E-state index in [4.69, 9.17) is 23.2 Å². The number of pyridine rings is 1. The number of nitrogens with zero attached hydrogens (tertiary/aromatic N) is 3. The van der Waals surface area contributed by atoms with Gasteiger partial charge in [0.25, 0.3) is 0 Å². The smallest absolute Gasteiger partial charge is 0.293 e. The van der Waals surface area contributed by atoms with E-state index in [1.807, 2.05) is 0 Å². The zero-order valence-electron chi connectivity index (χ0n) is 8.10. The van der Waals surface area contributed by atoms with Gasteiger partial charge in [-0.05, 0) is 6.07 Å². The summed E-state index contributed by atoms with van der Waals surface area (Å²) >= 11 is 11.6. The minimum absolute atomic E-state index is 0.305. The lowest BCUT2D eigenvalue weighted by Gasteiger charge is -2.05. The van der Waals surface area contributed by atoms with Crippen molar-refractivity contribution in [3.05, 3.63) is 56.9 Å². The van der Waals surface area contributed by atoms with Gasteiger partial charge in [0.15, 0.2) is 0 Å². The second-order valence-corrected chi connectivity index (χ2v) is 3.93. The fourth-order valence-corrected chi connectivity index (χ4v) is 1.61. The fourth-order valence-electron chi connectivity index (χ4n) is 1.26. The third-order valence-corrected chi connectivity index (χ3v) is 2.54. The third-order valence-electron chi connectivity index (χ3n) is 2.00. The Labute approximate surface area is 101 Å². The topological polar surface area (TPSA) is 47.8 Å². The lowest BCUT2D eigenvalue weighted by atomic mass is 10.3. The van der Waals surface area contributed by atoms with Crippen molar-refractivity contribution in [2.75, 3.05) is 0 Å². The first kappa shape index (κ1) is 11.1. The Bertz CT molecular complexity index is 568. The zero-order chi connectivity index (χ0) is 11.5. The first-order chi connectivity index (χ1) is 7.66. The lowest BCUT2D eigenvalue weighted by molar-refractivity contribution is 0.725. The summed E-state index contributed by atoms with van der Waals surface area (Å²) in [6.45, 7) is 0.305. The van der Waals surface area contributed by atoms with E-state index in [9.17, 15) is 4.79 Å². The molecule has 0 saturated heterocycles. The Hall–Kier alpha value is -1.39. The van der Waals surface area contributed by atoms with Crippen LogP contribution in [-0.2, 0) is 6.54 Å². The standard InChI is InChI=1S/C10H7Cl2N3O/c11-8-4-14-10(16)15(6-8)5-7-2-1-3-13-9(7)12/h1-4,6H,5H2. The lowest BCUT2D eigenvalue weighted by Crippen LogP contribution is -2.22. The molecule has 0 saturated carbocycles. The summed E-state index contributed by atoms with van der Waals surface area (Å²) in [6.07, 6.45) is 4.41. The van der Waals surface area contributed by atoms with Gasteiger partial charge in [0.2, 0.25) is 0 Å². The highest BCUT2D eigenvalue weighted by Crippen LogP contribution is 2.12. The van der Waals surface area contributed by atoms with Crippen LogP contribution in [0.2, 0.25) is 10.2 Å². The van der Waals surface area contributed by atoms with Gasteiger partial charge in [-0.2, -0.15) is 0 Å². The van der Waals surface area contributed by atoms with E-state index in [2.05, 4.69) is 9.97 Å². The average molecular weight is 256 g/mol. The molecule has 16 heavy (non-hydrogen) atoms. The number of hydrogen-bond donors (Lipinski definition) is 0. The van der Waals surface area contributed by atoms with E-state index in [1.54, 1.807) is 18.3 Å². The number of aromatic nitrogens is 3. The van der Waals surface area contributed by atoms with Gasteiger partial charge < -0.3 is 0 Å². The van der Waals surface area contributed by atoms with Crippen molar-refractivity contribution in [2.45, 2.75) is 6.54 Å². The Balaban J connectivity index is 2.38. The van der Waals surface area contributed by atoms with Gasteiger partial charge in [0, 0.05) is 18.0 Å². The Morgan fingerprint density at radius 3 is 2.88 bits per heavy atom. The van der Waals surface area contributed by atoms with Crippen molar-refractivity contribution in [3.8, 4) is 0 Å². The van der Waals surface area contributed by atoms with Crippen molar-refractivity contribution >= 4 is 23.2 Å². The number of hydrogen-bond acceptors (Lipinski definition) is 3. The Morgan fingerprint density at radius 2 is 2.12 bits per heavy atom. The van der Waals surface area contributed by atoms with Crippen molar-refractivity contribution in [1.29, 1.82) is 0 Å². The van der Waals surface area contributed by atoms with Crippen LogP contribution in [0.4, 0.5) is 0 Å². The summed E-state index contributed by atoms with van der Waals surface area (Å²) in [7, 11) is 0. The van der Waals surface area contributed by atoms with E-state index < -0.39 is 0 Å². The third kappa shape index (κ3) is 2.40. The second kappa shape index (κ2) is 4.63. The monoisotopic (exact) mass is 255 g/mol. The summed E-state index contributed by atoms with van der Waals surface area (Å²) in [4.78, 5) is 19.0. The molecule has 0 atom stereocenters. The van der Waals surface area contributed by atoms with Gasteiger partial charge in [-0.3, -0.25) is 4.57 Å². The molecule has 2 aromatic rings. The SMILES string of the molecule is O=c1ncc(Cl)cn1Cc1cccnc1Cl. The molecule has 0 bridgehead atoms. The first-order valence-electron chi connectivity index (χ1n) is 4.48. The van der Waals surface area contributed by atoms with E-state index >= 15 is 0 Å². The highest BCUT2D eigenvalue weighted by Gasteiger charge is 2.04. The molecule has 0 spiro atoms. The summed E-state index contributed by atoms with van der Waals surface area (Å²) < 4.78 is 1.38. The van der Waals surface area contributed by atoms with Gasteiger partial charge in [-0.25, -0.2) is 14.8 Å². The molecule has 0 amide bonds. The van der Waals surface area contributed by atoms with Gasteiger partial charge in [0.05, 0.1) is 17.8 Å². The largest absolute Gasteiger partial charge is 0.347 e. The maximum absolute atomic E-state index is 11.4. The summed E-state index contributed by atoms with van der Waals surface area (Å²) in [5.74, 6) is 0. The van der Waals surface area contributed by atoms with Gasteiger partial charge in [0.1, 0.15) is 5.15 Å². The Morgan fingerprint density at radius 1 is 1.31 bits per heavy atom. The number of halogens is 2. The molecule has 2 heterocycles. The molecule has 0 radical (unpaired) electrons. The van der Waals surface area contributed by atoms with Crippen LogP contribution in [0, 0.1) is 0 Å². The Kier molecular flexibility index (Phi) is 3.22. The van der Waals surface area contributed by atoms with E-state index in [0.29, 0.717) is 16.7 Å². The van der Waals surface area contributed by atoms with Crippen LogP contribution in [-0.4, -0.2) is 14.5 Å². The molecule has 2 rings (SSSR count). The minimum atomic E-state index is -0.371. The molecule has 4 nitrogen and oxygen atoms in total. The highest BCUT2D eigenvalue weighted by molar-refractivity contribution is 6.30. The molecule has 0 aromatic carbocycles. The van der Waals surface area contributed by atoms with Gasteiger partial charge >= 0.3 is 5.69 Å². The predicted octanol–water partition coefficient (Wildman–Crippen LogP) is 1.99. The van der Waals surface area contributed by atoms with Gasteiger partial charge in [-0.15, -0.1) is 0 Å². The molecule has 2 aromatic heterocycles. The molecule has 6 heteroatoms. The van der Waals surface area contributed by atoms with E-state index in [-0.39, 0.29) is 5.69 Å². The molecule has 0 fully saturated rings. The molecule has 0 aliphatic rings. The van der Waals surface area contributed by atoms with Crippen molar-refractivity contribution < 1.29 is 0 Å². The molecule has 0 unspecified atom stereocenters. The van der Waals surface area contributed by atoms with Crippen LogP contribution >= 0.6 is 23.2 Å². The normalized spacial score (nSPS) is 10.4. The average Bonchev–Trinajstić information content (AvgIpc) is 2.27. The van der Waals surface area contributed by atoms with Gasteiger partial charge in [-0.1, -0.05) is 29.3 Å². The zero-order valence-corrected chi connectivity index (χ0v) is 9.61. The molecular formula is C10H7Cl2N3O. The summed E-state index contributed by atoms with van der Waals surface area (Å²) in [5, 5.41) is 0.772. The van der Waals surface area contributed by atoms with Crippen LogP contribution < -0.4 is 5.69 Å². The van der Waals surface area contributed by atoms with Crippen LogP contribution in [0.15, 0.2) is 35.5 Å². The second-order valence-electron chi connectivity index (χ2n) is 3.14. The van der Waals surface area contributed by atoms with Crippen molar-refractivity contribution in [2.24, 2.45) is 0 Å². The van der Waals surface area contributed by atoms with Crippen LogP contribution in [0.3, 0.4) is 0 Å². The molecule has 0 aliphatic carbocycles. The molecule has 0 aliphatic heterocycles. The van der Waals surface area contributed by atoms with Crippen LogP contribution in [0.1, 0.15) is 5.56 Å². The quantitative estimate of drug-likeness (QED) is 0.772. The fraction of sp³-hybridized carbons (Fsp3) is 0.100. The maximum Gasteiger partial charge on any atom is 0.347 e. The van der Waals surface area contributed by atoms with Crippen molar-refractivity contribution in [3.63, 3.8) is 0 Å². The summed E-state index contributed by atoms with van der Waals surface area (Å²) in [6, 6.07) is 3.55. The highest BCUT2D eigenvalue weighted by atomic mass is 35.5. The predicted molar refractivity (Wildman–Crippen MR) is 61.9 cm³/mol. The number of rotatable bonds is 2. The van der Waals surface area contributed by atoms with Crippen LogP contribution in [0.5, 0.6) is 0 Å². The first-order valence-corrected chi connectivity index (χ1v) is 5.24. The van der Waals surface area contributed by atoms with Crippen LogP contribution in [0.25, 0.3) is 0 Å². The summed E-state index contributed by atoms with van der Waals surface area (Å²) in [5.41, 5.74) is 0.375. The van der Waals surface area contributed by atoms with E-state index in [1.165, 1.54) is 17.0 Å².